The molecule has 1 unspecified atom stereocenters. The molecule has 0 radical (unpaired) electrons. The molecule has 1 fully saturated rings. The van der Waals surface area contributed by atoms with E-state index < -0.39 is 0 Å². The molecule has 140 valence electrons. The van der Waals surface area contributed by atoms with E-state index in [2.05, 4.69) is 43.5 Å². The lowest BCUT2D eigenvalue weighted by Crippen LogP contribution is -2.45. The highest BCUT2D eigenvalue weighted by Gasteiger charge is 2.23. The third kappa shape index (κ3) is 4.50. The molecule has 3 aromatic rings. The fourth-order valence-electron chi connectivity index (χ4n) is 3.31. The Morgan fingerprint density at radius 1 is 1.26 bits per heavy atom. The van der Waals surface area contributed by atoms with Gasteiger partial charge in [0.15, 0.2) is 6.61 Å². The average Bonchev–Trinajstić information content (AvgIpc) is 3.14. The molecule has 0 aliphatic carbocycles. The highest BCUT2D eigenvalue weighted by atomic mass is 16.5. The lowest BCUT2D eigenvalue weighted by atomic mass is 10.0. The first-order valence-corrected chi connectivity index (χ1v) is 9.13. The normalized spacial score (nSPS) is 17.7. The minimum Gasteiger partial charge on any atom is -0.485 e. The van der Waals surface area contributed by atoms with E-state index in [1.807, 2.05) is 30.6 Å². The SMILES string of the molecule is Cc1nc(COc2ccc(CN3CCNCC3c3cccnc3)cc2)no1. The van der Waals surface area contributed by atoms with Crippen LogP contribution in [0, 0.1) is 6.92 Å². The summed E-state index contributed by atoms with van der Waals surface area (Å²) in [7, 11) is 0. The van der Waals surface area contributed by atoms with E-state index in [-0.39, 0.29) is 0 Å². The van der Waals surface area contributed by atoms with Crippen molar-refractivity contribution in [3.63, 3.8) is 0 Å². The Labute approximate surface area is 158 Å². The van der Waals surface area contributed by atoms with Gasteiger partial charge < -0.3 is 14.6 Å². The van der Waals surface area contributed by atoms with Crippen molar-refractivity contribution in [1.29, 1.82) is 0 Å². The van der Waals surface area contributed by atoms with Crippen LogP contribution in [0.3, 0.4) is 0 Å². The quantitative estimate of drug-likeness (QED) is 0.719. The van der Waals surface area contributed by atoms with Crippen LogP contribution in [0.2, 0.25) is 0 Å². The maximum atomic E-state index is 5.72. The topological polar surface area (TPSA) is 76.3 Å². The number of pyridine rings is 1. The summed E-state index contributed by atoms with van der Waals surface area (Å²) in [5.41, 5.74) is 2.51. The number of nitrogens with one attached hydrogen (secondary N) is 1. The number of rotatable bonds is 6. The zero-order valence-electron chi connectivity index (χ0n) is 15.3. The van der Waals surface area contributed by atoms with E-state index in [9.17, 15) is 0 Å². The Kier molecular flexibility index (Phi) is 5.41. The van der Waals surface area contributed by atoms with Crippen molar-refractivity contribution in [3.05, 3.63) is 71.6 Å². The van der Waals surface area contributed by atoms with Crippen LogP contribution in [0.15, 0.2) is 53.3 Å². The number of hydrogen-bond donors (Lipinski definition) is 1. The summed E-state index contributed by atoms with van der Waals surface area (Å²) in [6.45, 7) is 5.91. The highest BCUT2D eigenvalue weighted by molar-refractivity contribution is 5.28. The maximum absolute atomic E-state index is 5.72. The highest BCUT2D eigenvalue weighted by Crippen LogP contribution is 2.24. The van der Waals surface area contributed by atoms with Crippen LogP contribution in [0.25, 0.3) is 0 Å². The fraction of sp³-hybridized carbons (Fsp3) is 0.350. The molecule has 1 aliphatic heterocycles. The maximum Gasteiger partial charge on any atom is 0.223 e. The second-order valence-electron chi connectivity index (χ2n) is 6.64. The van der Waals surface area contributed by atoms with Crippen molar-refractivity contribution in [1.82, 2.24) is 25.3 Å². The van der Waals surface area contributed by atoms with Crippen LogP contribution >= 0.6 is 0 Å². The standard InChI is InChI=1S/C20H23N5O2/c1-15-23-20(24-27-15)14-26-18-6-4-16(5-7-18)13-25-10-9-22-12-19(25)17-3-2-8-21-11-17/h2-8,11,19,22H,9-10,12-14H2,1H3. The molecule has 0 spiro atoms. The Morgan fingerprint density at radius 3 is 2.89 bits per heavy atom. The summed E-state index contributed by atoms with van der Waals surface area (Å²) < 4.78 is 10.7. The molecule has 1 atom stereocenters. The first-order chi connectivity index (χ1) is 13.3. The van der Waals surface area contributed by atoms with Crippen molar-refractivity contribution < 1.29 is 9.26 Å². The number of ether oxygens (including phenoxy) is 1. The smallest absolute Gasteiger partial charge is 0.223 e. The van der Waals surface area contributed by atoms with Gasteiger partial charge in [-0.1, -0.05) is 23.4 Å². The summed E-state index contributed by atoms with van der Waals surface area (Å²) in [6, 6.07) is 12.7. The van der Waals surface area contributed by atoms with Gasteiger partial charge in [-0.15, -0.1) is 0 Å². The molecule has 1 aliphatic rings. The first kappa shape index (κ1) is 17.6. The predicted octanol–water partition coefficient (Wildman–Crippen LogP) is 2.50. The summed E-state index contributed by atoms with van der Waals surface area (Å²) in [5.74, 6) is 1.89. The molecule has 2 aromatic heterocycles. The fourth-order valence-corrected chi connectivity index (χ4v) is 3.31. The minimum atomic E-state index is 0.303. The Balaban J connectivity index is 1.38. The molecule has 1 saturated heterocycles. The molecule has 0 amide bonds. The molecule has 7 heteroatoms. The molecule has 27 heavy (non-hydrogen) atoms. The summed E-state index contributed by atoms with van der Waals surface area (Å²) in [5, 5.41) is 7.32. The van der Waals surface area contributed by atoms with Gasteiger partial charge >= 0.3 is 0 Å². The van der Waals surface area contributed by atoms with E-state index in [0.717, 1.165) is 31.9 Å². The molecule has 7 nitrogen and oxygen atoms in total. The molecular weight excluding hydrogens is 342 g/mol. The van der Waals surface area contributed by atoms with Gasteiger partial charge in [0.25, 0.3) is 0 Å². The van der Waals surface area contributed by atoms with Crippen molar-refractivity contribution in [2.75, 3.05) is 19.6 Å². The first-order valence-electron chi connectivity index (χ1n) is 9.13. The molecule has 1 aromatic carbocycles. The summed E-state index contributed by atoms with van der Waals surface area (Å²) >= 11 is 0. The second kappa shape index (κ2) is 8.28. The van der Waals surface area contributed by atoms with Gasteiger partial charge in [-0.25, -0.2) is 0 Å². The van der Waals surface area contributed by atoms with E-state index in [1.54, 1.807) is 6.92 Å². The van der Waals surface area contributed by atoms with Gasteiger partial charge in [0.1, 0.15) is 5.75 Å². The number of benzene rings is 1. The molecule has 4 rings (SSSR count). The number of hydrogen-bond acceptors (Lipinski definition) is 7. The monoisotopic (exact) mass is 365 g/mol. The molecule has 0 bridgehead atoms. The number of nitrogens with zero attached hydrogens (tertiary/aromatic N) is 4. The molecule has 3 heterocycles. The van der Waals surface area contributed by atoms with Gasteiger partial charge in [-0.2, -0.15) is 4.98 Å². The van der Waals surface area contributed by atoms with Crippen molar-refractivity contribution in [2.24, 2.45) is 0 Å². The third-order valence-corrected chi connectivity index (χ3v) is 4.67. The Hall–Kier alpha value is -2.77. The van der Waals surface area contributed by atoms with Crippen LogP contribution in [0.1, 0.15) is 28.9 Å². The van der Waals surface area contributed by atoms with Crippen LogP contribution in [0.5, 0.6) is 5.75 Å². The van der Waals surface area contributed by atoms with Crippen molar-refractivity contribution in [2.45, 2.75) is 26.1 Å². The van der Waals surface area contributed by atoms with Gasteiger partial charge in [-0.05, 0) is 29.3 Å². The van der Waals surface area contributed by atoms with Crippen molar-refractivity contribution in [3.8, 4) is 5.75 Å². The minimum absolute atomic E-state index is 0.303. The molecule has 1 N–H and O–H groups in total. The number of piperazine rings is 1. The van der Waals surface area contributed by atoms with Crippen molar-refractivity contribution >= 4 is 0 Å². The largest absolute Gasteiger partial charge is 0.485 e. The average molecular weight is 365 g/mol. The zero-order valence-corrected chi connectivity index (χ0v) is 15.3. The van der Waals surface area contributed by atoms with E-state index >= 15 is 0 Å². The van der Waals surface area contributed by atoms with E-state index in [1.165, 1.54) is 11.1 Å². The number of aryl methyl sites for hydroxylation is 1. The lowest BCUT2D eigenvalue weighted by Gasteiger charge is -2.36. The van der Waals surface area contributed by atoms with Crippen LogP contribution in [-0.2, 0) is 13.2 Å². The van der Waals surface area contributed by atoms with Gasteiger partial charge in [-0.3, -0.25) is 9.88 Å². The van der Waals surface area contributed by atoms with E-state index in [4.69, 9.17) is 9.26 Å². The van der Waals surface area contributed by atoms with Gasteiger partial charge in [0.2, 0.25) is 11.7 Å². The summed E-state index contributed by atoms with van der Waals surface area (Å²) in [6.07, 6.45) is 3.78. The van der Waals surface area contributed by atoms with Crippen LogP contribution < -0.4 is 10.1 Å². The predicted molar refractivity (Wildman–Crippen MR) is 100 cm³/mol. The summed E-state index contributed by atoms with van der Waals surface area (Å²) in [4.78, 5) is 10.9. The van der Waals surface area contributed by atoms with Crippen LogP contribution in [0.4, 0.5) is 0 Å². The third-order valence-electron chi connectivity index (χ3n) is 4.67. The molecule has 0 saturated carbocycles. The Bertz CT molecular complexity index is 850. The zero-order chi connectivity index (χ0) is 18.5. The molecular formula is C20H23N5O2. The lowest BCUT2D eigenvalue weighted by molar-refractivity contribution is 0.153. The Morgan fingerprint density at radius 2 is 2.15 bits per heavy atom. The van der Waals surface area contributed by atoms with Crippen LogP contribution in [-0.4, -0.2) is 39.7 Å². The second-order valence-corrected chi connectivity index (χ2v) is 6.64. The number of aromatic nitrogens is 3. The van der Waals surface area contributed by atoms with E-state index in [0.29, 0.717) is 24.4 Å². The van der Waals surface area contributed by atoms with Gasteiger partial charge in [0, 0.05) is 51.5 Å². The van der Waals surface area contributed by atoms with Gasteiger partial charge in [0.05, 0.1) is 0 Å².